The smallest absolute Gasteiger partial charge is 0.231 e. The summed E-state index contributed by atoms with van der Waals surface area (Å²) >= 11 is 0. The Kier molecular flexibility index (Phi) is 2.96. The molecule has 6 nitrogen and oxygen atoms in total. The predicted octanol–water partition coefficient (Wildman–Crippen LogP) is 1.29. The number of aliphatic hydroxyl groups excluding tert-OH is 2. The van der Waals surface area contributed by atoms with Crippen molar-refractivity contribution in [3.8, 4) is 11.5 Å². The highest BCUT2D eigenvalue weighted by Gasteiger charge is 2.57. The fraction of sp³-hybridized carbons (Fsp3) is 0.556. The third kappa shape index (κ3) is 1.71. The maximum absolute atomic E-state index is 11.0. The van der Waals surface area contributed by atoms with Crippen LogP contribution in [0.25, 0.3) is 0 Å². The molecule has 6 heteroatoms. The van der Waals surface area contributed by atoms with Gasteiger partial charge in [-0.15, -0.1) is 0 Å². The zero-order valence-electron chi connectivity index (χ0n) is 13.6. The number of hydrogen-bond donors (Lipinski definition) is 2. The number of β-amino-alcohol motifs (C(OH)–C–C–N with tert-alkyl or cyclic N) is 1. The molecule has 4 atom stereocenters. The van der Waals surface area contributed by atoms with Gasteiger partial charge in [0.25, 0.3) is 0 Å². The third-order valence-electron chi connectivity index (χ3n) is 6.03. The van der Waals surface area contributed by atoms with E-state index in [9.17, 15) is 10.2 Å². The van der Waals surface area contributed by atoms with Crippen LogP contribution in [0.15, 0.2) is 24.0 Å². The molecule has 5 rings (SSSR count). The summed E-state index contributed by atoms with van der Waals surface area (Å²) in [6.07, 6.45) is 2.73. The Hall–Kier alpha value is -1.76. The van der Waals surface area contributed by atoms with Gasteiger partial charge in [0.2, 0.25) is 6.79 Å². The number of nitrogens with zero attached hydrogens (tertiary/aromatic N) is 1. The molecule has 24 heavy (non-hydrogen) atoms. The highest BCUT2D eigenvalue weighted by molar-refractivity contribution is 5.54. The maximum atomic E-state index is 11.0. The van der Waals surface area contributed by atoms with E-state index < -0.39 is 12.2 Å². The maximum Gasteiger partial charge on any atom is 0.231 e. The zero-order valence-corrected chi connectivity index (χ0v) is 13.6. The Balaban J connectivity index is 1.73. The van der Waals surface area contributed by atoms with Crippen LogP contribution >= 0.6 is 0 Å². The summed E-state index contributed by atoms with van der Waals surface area (Å²) in [6, 6.07) is 3.81. The molecule has 1 spiro atoms. The van der Waals surface area contributed by atoms with Crippen LogP contribution < -0.4 is 9.47 Å². The highest BCUT2D eigenvalue weighted by atomic mass is 16.7. The fourth-order valence-electron chi connectivity index (χ4n) is 5.01. The molecule has 4 aliphatic rings. The number of hydrogen-bond acceptors (Lipinski definition) is 6. The average Bonchev–Trinajstić information content (AvgIpc) is 3.24. The average molecular weight is 331 g/mol. The number of fused-ring (bicyclic) bond motifs is 3. The number of methoxy groups -OCH3 is 1. The van der Waals surface area contributed by atoms with Gasteiger partial charge in [-0.25, -0.2) is 0 Å². The van der Waals surface area contributed by atoms with Crippen LogP contribution in [0.4, 0.5) is 0 Å². The second-order valence-corrected chi connectivity index (χ2v) is 7.06. The van der Waals surface area contributed by atoms with Crippen LogP contribution in [0.1, 0.15) is 36.0 Å². The number of benzene rings is 1. The summed E-state index contributed by atoms with van der Waals surface area (Å²) in [4.78, 5) is 2.30. The second kappa shape index (κ2) is 4.88. The molecule has 1 aromatic rings. The Morgan fingerprint density at radius 2 is 1.96 bits per heavy atom. The first-order chi connectivity index (χ1) is 11.6. The Morgan fingerprint density at radius 1 is 1.21 bits per heavy atom. The van der Waals surface area contributed by atoms with Gasteiger partial charge >= 0.3 is 0 Å². The van der Waals surface area contributed by atoms with Crippen molar-refractivity contribution >= 4 is 0 Å². The van der Waals surface area contributed by atoms with Crippen molar-refractivity contribution < 1.29 is 24.4 Å². The Morgan fingerprint density at radius 3 is 2.71 bits per heavy atom. The fourth-order valence-corrected chi connectivity index (χ4v) is 5.01. The van der Waals surface area contributed by atoms with E-state index in [2.05, 4.69) is 11.0 Å². The number of ether oxygens (including phenoxy) is 3. The van der Waals surface area contributed by atoms with Gasteiger partial charge in [-0.05, 0) is 48.7 Å². The van der Waals surface area contributed by atoms with Crippen LogP contribution in [-0.4, -0.2) is 53.7 Å². The molecule has 128 valence electrons. The molecular formula is C18H21NO5. The van der Waals surface area contributed by atoms with Crippen LogP contribution in [0.2, 0.25) is 0 Å². The number of aliphatic hydroxyl groups is 2. The summed E-state index contributed by atoms with van der Waals surface area (Å²) in [6.45, 7) is 1.65. The normalized spacial score (nSPS) is 36.6. The Labute approximate surface area is 140 Å². The van der Waals surface area contributed by atoms with Crippen molar-refractivity contribution in [3.63, 3.8) is 0 Å². The van der Waals surface area contributed by atoms with Gasteiger partial charge in [-0.2, -0.15) is 0 Å². The van der Waals surface area contributed by atoms with E-state index in [0.29, 0.717) is 23.8 Å². The topological polar surface area (TPSA) is 71.4 Å². The monoisotopic (exact) mass is 331 g/mol. The molecule has 3 aliphatic heterocycles. The zero-order chi connectivity index (χ0) is 16.5. The van der Waals surface area contributed by atoms with E-state index in [4.69, 9.17) is 14.2 Å². The quantitative estimate of drug-likeness (QED) is 0.808. The first-order valence-electron chi connectivity index (χ1n) is 8.45. The first-order valence-corrected chi connectivity index (χ1v) is 8.45. The summed E-state index contributed by atoms with van der Waals surface area (Å²) in [5, 5.41) is 21.8. The summed E-state index contributed by atoms with van der Waals surface area (Å²) in [7, 11) is 1.60. The van der Waals surface area contributed by atoms with Crippen molar-refractivity contribution in [1.82, 2.24) is 4.90 Å². The lowest BCUT2D eigenvalue weighted by molar-refractivity contribution is 0.0575. The van der Waals surface area contributed by atoms with Gasteiger partial charge in [0.05, 0.1) is 18.8 Å². The standard InChI is InChI=1S/C18H21NO5/c1-22-15-7-18-3-2-4-19(18)8-12(20)10-5-13-14(24-9-23-13)6-11(10)16(18)17(15)21/h5-7,12,16-17,20-21H,2-4,8-9H2,1H3/t12-,16?,17+,18+/m0/s1. The van der Waals surface area contributed by atoms with E-state index in [1.165, 1.54) is 0 Å². The van der Waals surface area contributed by atoms with E-state index >= 15 is 0 Å². The molecule has 0 radical (unpaired) electrons. The lowest BCUT2D eigenvalue weighted by Gasteiger charge is -2.38. The Bertz CT molecular complexity index is 732. The SMILES string of the molecule is COC1=C[C@@]23CCCN2C[C@H](O)c2cc4c(cc2C3[C@@H]1O)OCO4. The molecule has 2 N–H and O–H groups in total. The summed E-state index contributed by atoms with van der Waals surface area (Å²) in [5.41, 5.74) is 1.46. The lowest BCUT2D eigenvalue weighted by Crippen LogP contribution is -2.47. The molecule has 1 aliphatic carbocycles. The van der Waals surface area contributed by atoms with Crippen molar-refractivity contribution in [2.45, 2.75) is 36.5 Å². The molecule has 0 bridgehead atoms. The summed E-state index contributed by atoms with van der Waals surface area (Å²) < 4.78 is 16.5. The molecule has 1 aromatic carbocycles. The predicted molar refractivity (Wildman–Crippen MR) is 84.9 cm³/mol. The van der Waals surface area contributed by atoms with E-state index in [1.807, 2.05) is 12.1 Å². The van der Waals surface area contributed by atoms with Crippen molar-refractivity contribution in [2.75, 3.05) is 27.0 Å². The first kappa shape index (κ1) is 14.6. The van der Waals surface area contributed by atoms with Crippen molar-refractivity contribution in [2.24, 2.45) is 0 Å². The highest BCUT2D eigenvalue weighted by Crippen LogP contribution is 2.55. The molecule has 1 saturated heterocycles. The van der Waals surface area contributed by atoms with E-state index in [1.54, 1.807) is 7.11 Å². The van der Waals surface area contributed by atoms with Gasteiger partial charge in [0.15, 0.2) is 11.5 Å². The van der Waals surface area contributed by atoms with Gasteiger partial charge < -0.3 is 24.4 Å². The van der Waals surface area contributed by atoms with Crippen molar-refractivity contribution in [1.29, 1.82) is 0 Å². The largest absolute Gasteiger partial charge is 0.499 e. The summed E-state index contributed by atoms with van der Waals surface area (Å²) in [5.74, 6) is 1.79. The van der Waals surface area contributed by atoms with Gasteiger partial charge in [-0.1, -0.05) is 0 Å². The molecule has 0 amide bonds. The minimum Gasteiger partial charge on any atom is -0.499 e. The van der Waals surface area contributed by atoms with Crippen LogP contribution in [0.3, 0.4) is 0 Å². The molecule has 1 unspecified atom stereocenters. The number of rotatable bonds is 1. The third-order valence-corrected chi connectivity index (χ3v) is 6.03. The minimum atomic E-state index is -0.722. The van der Waals surface area contributed by atoms with E-state index in [-0.39, 0.29) is 18.2 Å². The van der Waals surface area contributed by atoms with Gasteiger partial charge in [-0.3, -0.25) is 4.90 Å². The molecule has 0 saturated carbocycles. The second-order valence-electron chi connectivity index (χ2n) is 7.06. The van der Waals surface area contributed by atoms with Crippen LogP contribution in [0.5, 0.6) is 11.5 Å². The van der Waals surface area contributed by atoms with E-state index in [0.717, 1.165) is 30.5 Å². The molecule has 3 heterocycles. The lowest BCUT2D eigenvalue weighted by atomic mass is 9.77. The van der Waals surface area contributed by atoms with Crippen molar-refractivity contribution in [3.05, 3.63) is 35.1 Å². The molecular weight excluding hydrogens is 310 g/mol. The van der Waals surface area contributed by atoms with Gasteiger partial charge in [0, 0.05) is 12.5 Å². The van der Waals surface area contributed by atoms with Crippen LogP contribution in [0, 0.1) is 0 Å². The van der Waals surface area contributed by atoms with Gasteiger partial charge in [0.1, 0.15) is 11.9 Å². The minimum absolute atomic E-state index is 0.170. The molecule has 0 aromatic heterocycles. The van der Waals surface area contributed by atoms with Crippen LogP contribution in [-0.2, 0) is 4.74 Å². The molecule has 1 fully saturated rings.